The standard InChI is InChI=1S/C12H13F4NO/c13-8-1-4-10(18-12(16)11(14)15)7(5-8)6-17-9-2-3-9/h1,4-5,9,11-12,17H,2-3,6H2. The van der Waals surface area contributed by atoms with Gasteiger partial charge in [0.2, 0.25) is 0 Å². The second kappa shape index (κ2) is 5.56. The van der Waals surface area contributed by atoms with Crippen molar-refractivity contribution in [3.63, 3.8) is 0 Å². The van der Waals surface area contributed by atoms with E-state index in [0.29, 0.717) is 11.6 Å². The summed E-state index contributed by atoms with van der Waals surface area (Å²) in [5.74, 6) is -0.570. The van der Waals surface area contributed by atoms with Crippen molar-refractivity contribution >= 4 is 0 Å². The molecule has 18 heavy (non-hydrogen) atoms. The van der Waals surface area contributed by atoms with Crippen LogP contribution < -0.4 is 10.1 Å². The van der Waals surface area contributed by atoms with Gasteiger partial charge in [-0.1, -0.05) is 0 Å². The number of halogens is 4. The smallest absolute Gasteiger partial charge is 0.304 e. The van der Waals surface area contributed by atoms with Gasteiger partial charge in [-0.15, -0.1) is 0 Å². The van der Waals surface area contributed by atoms with E-state index < -0.39 is 18.6 Å². The molecule has 0 aliphatic heterocycles. The molecule has 0 amide bonds. The van der Waals surface area contributed by atoms with Crippen LogP contribution in [0.1, 0.15) is 18.4 Å². The summed E-state index contributed by atoms with van der Waals surface area (Å²) in [6.45, 7) is 0.272. The normalized spacial score (nSPS) is 16.9. The van der Waals surface area contributed by atoms with E-state index in [0.717, 1.165) is 31.0 Å². The van der Waals surface area contributed by atoms with Crippen LogP contribution in [-0.2, 0) is 6.54 Å². The fourth-order valence-corrected chi connectivity index (χ4v) is 1.52. The molecule has 0 radical (unpaired) electrons. The fourth-order valence-electron chi connectivity index (χ4n) is 1.52. The van der Waals surface area contributed by atoms with Gasteiger partial charge in [0.15, 0.2) is 0 Å². The molecule has 1 saturated carbocycles. The van der Waals surface area contributed by atoms with Crippen LogP contribution in [0.15, 0.2) is 18.2 Å². The number of ether oxygens (including phenoxy) is 1. The van der Waals surface area contributed by atoms with Gasteiger partial charge in [0, 0.05) is 18.2 Å². The van der Waals surface area contributed by atoms with Gasteiger partial charge in [-0.05, 0) is 31.0 Å². The molecule has 1 N–H and O–H groups in total. The van der Waals surface area contributed by atoms with E-state index in [9.17, 15) is 17.6 Å². The number of benzene rings is 1. The third-order valence-electron chi connectivity index (χ3n) is 2.62. The molecule has 2 rings (SSSR count). The van der Waals surface area contributed by atoms with Crippen LogP contribution in [0.3, 0.4) is 0 Å². The fraction of sp³-hybridized carbons (Fsp3) is 0.500. The Labute approximate surface area is 102 Å². The Morgan fingerprint density at radius 3 is 2.61 bits per heavy atom. The average Bonchev–Trinajstić information content (AvgIpc) is 3.13. The summed E-state index contributed by atoms with van der Waals surface area (Å²) in [5, 5.41) is 3.09. The lowest BCUT2D eigenvalue weighted by molar-refractivity contribution is -0.0673. The third-order valence-corrected chi connectivity index (χ3v) is 2.62. The predicted molar refractivity (Wildman–Crippen MR) is 57.8 cm³/mol. The molecule has 100 valence electrons. The van der Waals surface area contributed by atoms with E-state index in [1.165, 1.54) is 0 Å². The van der Waals surface area contributed by atoms with E-state index in [2.05, 4.69) is 10.1 Å². The molecule has 1 unspecified atom stereocenters. The molecule has 6 heteroatoms. The van der Waals surface area contributed by atoms with Gasteiger partial charge in [0.05, 0.1) is 0 Å². The van der Waals surface area contributed by atoms with Gasteiger partial charge in [-0.2, -0.15) is 4.39 Å². The van der Waals surface area contributed by atoms with Crippen molar-refractivity contribution in [3.8, 4) is 5.75 Å². The molecular formula is C12H13F4NO. The second-order valence-electron chi connectivity index (χ2n) is 4.21. The first-order valence-electron chi connectivity index (χ1n) is 5.67. The Kier molecular flexibility index (Phi) is 4.06. The molecule has 1 aromatic rings. The highest BCUT2D eigenvalue weighted by Crippen LogP contribution is 2.25. The Morgan fingerprint density at radius 2 is 2.00 bits per heavy atom. The molecule has 0 spiro atoms. The predicted octanol–water partition coefficient (Wildman–Crippen LogP) is 3.02. The zero-order valence-corrected chi connectivity index (χ0v) is 9.51. The van der Waals surface area contributed by atoms with Crippen molar-refractivity contribution in [1.29, 1.82) is 0 Å². The number of hydrogen-bond donors (Lipinski definition) is 1. The summed E-state index contributed by atoms with van der Waals surface area (Å²) < 4.78 is 54.5. The molecule has 0 aromatic heterocycles. The van der Waals surface area contributed by atoms with E-state index in [1.807, 2.05) is 0 Å². The van der Waals surface area contributed by atoms with Crippen LogP contribution in [-0.4, -0.2) is 18.8 Å². The quantitative estimate of drug-likeness (QED) is 0.796. The molecule has 1 atom stereocenters. The highest BCUT2D eigenvalue weighted by Gasteiger charge is 2.24. The van der Waals surface area contributed by atoms with Crippen molar-refractivity contribution in [2.24, 2.45) is 0 Å². The minimum absolute atomic E-state index is 0.0580. The van der Waals surface area contributed by atoms with E-state index >= 15 is 0 Å². The first kappa shape index (κ1) is 13.1. The molecule has 0 bridgehead atoms. The monoisotopic (exact) mass is 263 g/mol. The summed E-state index contributed by atoms with van der Waals surface area (Å²) in [4.78, 5) is 0. The summed E-state index contributed by atoms with van der Waals surface area (Å²) in [6, 6.07) is 3.74. The summed E-state index contributed by atoms with van der Waals surface area (Å²) in [6.07, 6.45) is -3.85. The van der Waals surface area contributed by atoms with Crippen molar-refractivity contribution in [1.82, 2.24) is 5.32 Å². The zero-order chi connectivity index (χ0) is 13.1. The van der Waals surface area contributed by atoms with Crippen LogP contribution in [0, 0.1) is 5.82 Å². The Balaban J connectivity index is 2.06. The van der Waals surface area contributed by atoms with Crippen LogP contribution >= 0.6 is 0 Å². The zero-order valence-electron chi connectivity index (χ0n) is 9.51. The maximum Gasteiger partial charge on any atom is 0.304 e. The number of rotatable bonds is 6. The lowest BCUT2D eigenvalue weighted by Crippen LogP contribution is -2.22. The molecule has 0 saturated heterocycles. The number of nitrogens with one attached hydrogen (secondary N) is 1. The summed E-state index contributed by atoms with van der Waals surface area (Å²) >= 11 is 0. The summed E-state index contributed by atoms with van der Waals surface area (Å²) in [5.41, 5.74) is 0.338. The number of alkyl halides is 3. The van der Waals surface area contributed by atoms with E-state index in [4.69, 9.17) is 0 Å². The largest absolute Gasteiger partial charge is 0.454 e. The Morgan fingerprint density at radius 1 is 1.28 bits per heavy atom. The van der Waals surface area contributed by atoms with E-state index in [1.54, 1.807) is 0 Å². The third kappa shape index (κ3) is 3.60. The topological polar surface area (TPSA) is 21.3 Å². The molecule has 1 aromatic carbocycles. The van der Waals surface area contributed by atoms with Gasteiger partial charge >= 0.3 is 6.43 Å². The summed E-state index contributed by atoms with van der Waals surface area (Å²) in [7, 11) is 0. The van der Waals surface area contributed by atoms with Gasteiger partial charge in [-0.3, -0.25) is 0 Å². The lowest BCUT2D eigenvalue weighted by Gasteiger charge is -2.14. The molecule has 2 nitrogen and oxygen atoms in total. The lowest BCUT2D eigenvalue weighted by atomic mass is 10.2. The maximum atomic E-state index is 13.1. The maximum absolute atomic E-state index is 13.1. The average molecular weight is 263 g/mol. The van der Waals surface area contributed by atoms with Crippen molar-refractivity contribution in [3.05, 3.63) is 29.6 Å². The molecule has 0 heterocycles. The first-order valence-corrected chi connectivity index (χ1v) is 5.67. The number of hydrogen-bond acceptors (Lipinski definition) is 2. The first-order chi connectivity index (χ1) is 8.56. The van der Waals surface area contributed by atoms with Gasteiger partial charge in [-0.25, -0.2) is 13.2 Å². The van der Waals surface area contributed by atoms with Gasteiger partial charge in [0.1, 0.15) is 11.6 Å². The Bertz CT molecular complexity index is 409. The minimum Gasteiger partial charge on any atom is -0.454 e. The SMILES string of the molecule is Fc1ccc(OC(F)C(F)F)c(CNC2CC2)c1. The minimum atomic E-state index is -3.22. The Hall–Kier alpha value is -1.30. The highest BCUT2D eigenvalue weighted by molar-refractivity contribution is 5.34. The van der Waals surface area contributed by atoms with Crippen molar-refractivity contribution < 1.29 is 22.3 Å². The van der Waals surface area contributed by atoms with Crippen LogP contribution in [0.25, 0.3) is 0 Å². The van der Waals surface area contributed by atoms with Crippen molar-refractivity contribution in [2.45, 2.75) is 38.2 Å². The second-order valence-corrected chi connectivity index (χ2v) is 4.21. The molecule has 1 aliphatic rings. The molecule has 1 fully saturated rings. The van der Waals surface area contributed by atoms with E-state index in [-0.39, 0.29) is 12.3 Å². The van der Waals surface area contributed by atoms with Crippen LogP contribution in [0.2, 0.25) is 0 Å². The van der Waals surface area contributed by atoms with Gasteiger partial charge < -0.3 is 10.1 Å². The molecular weight excluding hydrogens is 250 g/mol. The van der Waals surface area contributed by atoms with Crippen LogP contribution in [0.4, 0.5) is 17.6 Å². The van der Waals surface area contributed by atoms with Crippen LogP contribution in [0.5, 0.6) is 5.75 Å². The van der Waals surface area contributed by atoms with Gasteiger partial charge in [0.25, 0.3) is 6.36 Å². The highest BCUT2D eigenvalue weighted by atomic mass is 19.3. The van der Waals surface area contributed by atoms with Crippen molar-refractivity contribution in [2.75, 3.05) is 0 Å². The molecule has 1 aliphatic carbocycles.